The van der Waals surface area contributed by atoms with Gasteiger partial charge < -0.3 is 5.32 Å². The molecule has 2 aliphatic rings. The highest BCUT2D eigenvalue weighted by atomic mass is 32.1. The molecular weight excluding hydrogens is 358 g/mol. The molecule has 1 amide bonds. The number of nitrogens with zero attached hydrogens (tertiary/aromatic N) is 2. The lowest BCUT2D eigenvalue weighted by Gasteiger charge is -2.20. The summed E-state index contributed by atoms with van der Waals surface area (Å²) in [6.45, 7) is 2.65. The summed E-state index contributed by atoms with van der Waals surface area (Å²) in [6, 6.07) is 0.258. The molecule has 1 fully saturated rings. The van der Waals surface area contributed by atoms with Crippen molar-refractivity contribution >= 4 is 27.5 Å². The lowest BCUT2D eigenvalue weighted by atomic mass is 9.96. The van der Waals surface area contributed by atoms with Gasteiger partial charge in [0.15, 0.2) is 0 Å². The molecule has 0 saturated heterocycles. The third-order valence-electron chi connectivity index (χ3n) is 6.06. The molecule has 0 atom stereocenters. The Morgan fingerprint density at radius 3 is 2.56 bits per heavy atom. The topological polar surface area (TPSA) is 64.0 Å². The Balaban J connectivity index is 1.64. The van der Waals surface area contributed by atoms with E-state index in [-0.39, 0.29) is 17.5 Å². The van der Waals surface area contributed by atoms with Crippen molar-refractivity contribution in [3.8, 4) is 0 Å². The van der Waals surface area contributed by atoms with E-state index in [0.717, 1.165) is 61.3 Å². The van der Waals surface area contributed by atoms with Crippen LogP contribution < -0.4 is 10.9 Å². The molecule has 6 heteroatoms. The van der Waals surface area contributed by atoms with Crippen molar-refractivity contribution in [3.63, 3.8) is 0 Å². The molecule has 1 aliphatic carbocycles. The Kier molecular flexibility index (Phi) is 5.62. The minimum absolute atomic E-state index is 0.0272. The second kappa shape index (κ2) is 8.13. The maximum Gasteiger partial charge on any atom is 0.262 e. The molecule has 146 valence electrons. The number of rotatable bonds is 2. The molecular formula is C21H29N3O2S. The van der Waals surface area contributed by atoms with Crippen LogP contribution in [0.5, 0.6) is 0 Å². The van der Waals surface area contributed by atoms with Crippen molar-refractivity contribution in [1.29, 1.82) is 0 Å². The lowest BCUT2D eigenvalue weighted by molar-refractivity contribution is 0.0934. The number of carbonyl (C=O) groups is 1. The Morgan fingerprint density at radius 2 is 1.78 bits per heavy atom. The monoisotopic (exact) mass is 387 g/mol. The number of hydrogen-bond donors (Lipinski definition) is 1. The first kappa shape index (κ1) is 18.7. The Morgan fingerprint density at radius 1 is 1.07 bits per heavy atom. The molecule has 4 rings (SSSR count). The Bertz CT molecular complexity index is 891. The highest BCUT2D eigenvalue weighted by molar-refractivity contribution is 7.20. The highest BCUT2D eigenvalue weighted by Gasteiger charge is 2.23. The van der Waals surface area contributed by atoms with Crippen molar-refractivity contribution in [3.05, 3.63) is 26.6 Å². The minimum Gasteiger partial charge on any atom is -0.349 e. The van der Waals surface area contributed by atoms with Gasteiger partial charge in [-0.25, -0.2) is 4.98 Å². The molecule has 1 aliphatic heterocycles. The van der Waals surface area contributed by atoms with Crippen LogP contribution in [0, 0.1) is 6.92 Å². The van der Waals surface area contributed by atoms with Gasteiger partial charge in [0.1, 0.15) is 10.7 Å². The average Bonchev–Trinajstić information content (AvgIpc) is 2.79. The van der Waals surface area contributed by atoms with Crippen molar-refractivity contribution < 1.29 is 4.79 Å². The summed E-state index contributed by atoms with van der Waals surface area (Å²) in [6.07, 6.45) is 12.4. The quantitative estimate of drug-likeness (QED) is 0.834. The van der Waals surface area contributed by atoms with Crippen molar-refractivity contribution in [2.45, 2.75) is 90.1 Å². The molecule has 1 saturated carbocycles. The smallest absolute Gasteiger partial charge is 0.262 e. The summed E-state index contributed by atoms with van der Waals surface area (Å²) in [5, 5.41) is 3.89. The zero-order chi connectivity index (χ0) is 18.8. The first-order valence-corrected chi connectivity index (χ1v) is 11.3. The van der Waals surface area contributed by atoms with E-state index in [1.807, 2.05) is 11.5 Å². The maximum absolute atomic E-state index is 13.1. The van der Waals surface area contributed by atoms with Crippen LogP contribution in [0.1, 0.15) is 85.3 Å². The molecule has 0 bridgehead atoms. The first-order valence-electron chi connectivity index (χ1n) is 10.5. The zero-order valence-electron chi connectivity index (χ0n) is 16.2. The summed E-state index contributed by atoms with van der Waals surface area (Å²) < 4.78 is 1.84. The SMILES string of the molecule is Cc1c(C(=O)NC2CCCCCCC2)sc2nc3n(c(=O)c12)CCCCC3. The number of nitrogens with one attached hydrogen (secondary N) is 1. The summed E-state index contributed by atoms with van der Waals surface area (Å²) >= 11 is 1.39. The molecule has 0 aromatic carbocycles. The van der Waals surface area contributed by atoms with Crippen LogP contribution in [0.2, 0.25) is 0 Å². The molecule has 2 aromatic heterocycles. The van der Waals surface area contributed by atoms with E-state index in [1.165, 1.54) is 43.4 Å². The molecule has 3 heterocycles. The van der Waals surface area contributed by atoms with Gasteiger partial charge >= 0.3 is 0 Å². The molecule has 5 nitrogen and oxygen atoms in total. The van der Waals surface area contributed by atoms with Crippen molar-refractivity contribution in [2.75, 3.05) is 0 Å². The van der Waals surface area contributed by atoms with Gasteiger partial charge in [0, 0.05) is 19.0 Å². The van der Waals surface area contributed by atoms with Gasteiger partial charge in [0.05, 0.1) is 10.3 Å². The molecule has 27 heavy (non-hydrogen) atoms. The Labute approximate surface area is 164 Å². The van der Waals surface area contributed by atoms with Crippen LogP contribution in [0.3, 0.4) is 0 Å². The van der Waals surface area contributed by atoms with Crippen LogP contribution >= 0.6 is 11.3 Å². The molecule has 0 spiro atoms. The number of amides is 1. The summed E-state index contributed by atoms with van der Waals surface area (Å²) in [5.74, 6) is 0.860. The van der Waals surface area contributed by atoms with E-state index >= 15 is 0 Å². The van der Waals surface area contributed by atoms with E-state index in [2.05, 4.69) is 5.32 Å². The molecule has 0 unspecified atom stereocenters. The predicted molar refractivity (Wildman–Crippen MR) is 110 cm³/mol. The zero-order valence-corrected chi connectivity index (χ0v) is 17.0. The second-order valence-electron chi connectivity index (χ2n) is 8.05. The van der Waals surface area contributed by atoms with Crippen LogP contribution in [-0.2, 0) is 13.0 Å². The number of aromatic nitrogens is 2. The fraction of sp³-hybridized carbons (Fsp3) is 0.667. The van der Waals surface area contributed by atoms with Crippen LogP contribution in [0.15, 0.2) is 4.79 Å². The minimum atomic E-state index is -0.0272. The third-order valence-corrected chi connectivity index (χ3v) is 7.24. The summed E-state index contributed by atoms with van der Waals surface area (Å²) in [7, 11) is 0. The number of fused-ring (bicyclic) bond motifs is 2. The molecule has 2 aromatic rings. The van der Waals surface area contributed by atoms with Gasteiger partial charge in [0.25, 0.3) is 11.5 Å². The maximum atomic E-state index is 13.1. The van der Waals surface area contributed by atoms with E-state index in [0.29, 0.717) is 10.3 Å². The van der Waals surface area contributed by atoms with E-state index < -0.39 is 0 Å². The number of hydrogen-bond acceptors (Lipinski definition) is 4. The van der Waals surface area contributed by atoms with Gasteiger partial charge in [-0.05, 0) is 38.2 Å². The number of aryl methyl sites for hydroxylation is 2. The average molecular weight is 388 g/mol. The summed E-state index contributed by atoms with van der Waals surface area (Å²) in [5.41, 5.74) is 0.839. The largest absolute Gasteiger partial charge is 0.349 e. The normalized spacial score (nSPS) is 19.1. The lowest BCUT2D eigenvalue weighted by Crippen LogP contribution is -2.35. The van der Waals surface area contributed by atoms with Gasteiger partial charge in [0.2, 0.25) is 0 Å². The fourth-order valence-corrected chi connectivity index (χ4v) is 5.57. The standard InChI is InChI=1S/C21H29N3O2S/c1-14-17-20(23-16-12-8-5-9-13-24(16)21(17)26)27-18(14)19(25)22-15-10-6-3-2-4-7-11-15/h15H,2-13H2,1H3,(H,22,25). The predicted octanol–water partition coefficient (Wildman–Crippen LogP) is 4.34. The fourth-order valence-electron chi connectivity index (χ4n) is 4.48. The number of thiophene rings is 1. The second-order valence-corrected chi connectivity index (χ2v) is 9.05. The van der Waals surface area contributed by atoms with E-state index in [9.17, 15) is 9.59 Å². The molecule has 0 radical (unpaired) electrons. The highest BCUT2D eigenvalue weighted by Crippen LogP contribution is 2.29. The van der Waals surface area contributed by atoms with Crippen molar-refractivity contribution in [1.82, 2.24) is 14.9 Å². The van der Waals surface area contributed by atoms with Gasteiger partial charge in [-0.15, -0.1) is 11.3 Å². The van der Waals surface area contributed by atoms with E-state index in [1.54, 1.807) is 0 Å². The van der Waals surface area contributed by atoms with Crippen LogP contribution in [0.4, 0.5) is 0 Å². The van der Waals surface area contributed by atoms with Crippen LogP contribution in [0.25, 0.3) is 10.2 Å². The van der Waals surface area contributed by atoms with Gasteiger partial charge in [-0.3, -0.25) is 14.2 Å². The van der Waals surface area contributed by atoms with Crippen molar-refractivity contribution in [2.24, 2.45) is 0 Å². The molecule has 1 N–H and O–H groups in total. The third kappa shape index (κ3) is 3.82. The van der Waals surface area contributed by atoms with Gasteiger partial charge in [-0.2, -0.15) is 0 Å². The van der Waals surface area contributed by atoms with Gasteiger partial charge in [-0.1, -0.05) is 38.5 Å². The van der Waals surface area contributed by atoms with Crippen LogP contribution in [-0.4, -0.2) is 21.5 Å². The summed E-state index contributed by atoms with van der Waals surface area (Å²) in [4.78, 5) is 32.2. The number of carbonyl (C=O) groups excluding carboxylic acids is 1. The first-order chi connectivity index (χ1) is 13.1. The Hall–Kier alpha value is -1.69. The van der Waals surface area contributed by atoms with E-state index in [4.69, 9.17) is 4.98 Å².